The smallest absolute Gasteiger partial charge is 0.272 e. The molecule has 2 fully saturated rings. The Morgan fingerprint density at radius 3 is 2.39 bits per heavy atom. The van der Waals surface area contributed by atoms with Crippen molar-refractivity contribution in [2.75, 3.05) is 51.2 Å². The Morgan fingerprint density at radius 1 is 1.09 bits per heavy atom. The van der Waals surface area contributed by atoms with Crippen LogP contribution in [-0.2, 0) is 0 Å². The van der Waals surface area contributed by atoms with E-state index in [2.05, 4.69) is 33.7 Å². The molecule has 0 spiro atoms. The molecular formula is C17H27N5O. The molecule has 0 radical (unpaired) electrons. The Bertz CT molecular complexity index is 560. The lowest BCUT2D eigenvalue weighted by Crippen LogP contribution is -2.45. The molecule has 0 N–H and O–H groups in total. The first-order valence-corrected chi connectivity index (χ1v) is 8.61. The van der Waals surface area contributed by atoms with Crippen LogP contribution in [0.5, 0.6) is 0 Å². The molecule has 1 aromatic heterocycles. The SMILES string of the molecule is Cc1nc(C(=O)N2CCC(C)CC2)cc(N2CCN(C)CC2)n1. The maximum absolute atomic E-state index is 12.8. The fourth-order valence-corrected chi connectivity index (χ4v) is 3.23. The van der Waals surface area contributed by atoms with Crippen LogP contribution < -0.4 is 4.90 Å². The van der Waals surface area contributed by atoms with Crippen molar-refractivity contribution >= 4 is 11.7 Å². The van der Waals surface area contributed by atoms with Gasteiger partial charge in [0, 0.05) is 45.3 Å². The monoisotopic (exact) mass is 317 g/mol. The summed E-state index contributed by atoms with van der Waals surface area (Å²) in [6, 6.07) is 1.87. The van der Waals surface area contributed by atoms with Gasteiger partial charge in [0.15, 0.2) is 0 Å². The number of rotatable bonds is 2. The highest BCUT2D eigenvalue weighted by Gasteiger charge is 2.24. The molecule has 2 aliphatic heterocycles. The lowest BCUT2D eigenvalue weighted by molar-refractivity contribution is 0.0691. The van der Waals surface area contributed by atoms with Crippen LogP contribution in [0, 0.1) is 12.8 Å². The molecule has 126 valence electrons. The summed E-state index contributed by atoms with van der Waals surface area (Å²) >= 11 is 0. The number of aryl methyl sites for hydroxylation is 1. The van der Waals surface area contributed by atoms with E-state index < -0.39 is 0 Å². The van der Waals surface area contributed by atoms with Gasteiger partial charge in [-0.1, -0.05) is 6.92 Å². The van der Waals surface area contributed by atoms with Gasteiger partial charge < -0.3 is 14.7 Å². The number of anilines is 1. The third-order valence-corrected chi connectivity index (χ3v) is 4.94. The number of hydrogen-bond acceptors (Lipinski definition) is 5. The standard InChI is InChI=1S/C17H27N5O/c1-13-4-6-22(7-5-13)17(23)15-12-16(19-14(2)18-15)21-10-8-20(3)9-11-21/h12-13H,4-11H2,1-3H3. The third-order valence-electron chi connectivity index (χ3n) is 4.94. The second kappa shape index (κ2) is 6.83. The van der Waals surface area contributed by atoms with Crippen LogP contribution in [0.25, 0.3) is 0 Å². The van der Waals surface area contributed by atoms with E-state index in [1.807, 2.05) is 17.9 Å². The molecule has 3 rings (SSSR count). The first kappa shape index (κ1) is 16.2. The number of piperidine rings is 1. The zero-order chi connectivity index (χ0) is 16.4. The third kappa shape index (κ3) is 3.80. The largest absolute Gasteiger partial charge is 0.354 e. The normalized spacial score (nSPS) is 20.8. The van der Waals surface area contributed by atoms with Gasteiger partial charge in [0.05, 0.1) is 0 Å². The summed E-state index contributed by atoms with van der Waals surface area (Å²) in [5.41, 5.74) is 0.543. The average molecular weight is 317 g/mol. The maximum atomic E-state index is 12.8. The van der Waals surface area contributed by atoms with Crippen molar-refractivity contribution in [3.05, 3.63) is 17.6 Å². The zero-order valence-corrected chi connectivity index (χ0v) is 14.5. The summed E-state index contributed by atoms with van der Waals surface area (Å²) in [7, 11) is 2.13. The minimum Gasteiger partial charge on any atom is -0.354 e. The van der Waals surface area contributed by atoms with Gasteiger partial charge in [-0.3, -0.25) is 4.79 Å². The highest BCUT2D eigenvalue weighted by molar-refractivity contribution is 5.93. The van der Waals surface area contributed by atoms with E-state index in [1.54, 1.807) is 0 Å². The molecule has 2 aliphatic rings. The van der Waals surface area contributed by atoms with Gasteiger partial charge in [0.25, 0.3) is 5.91 Å². The number of piperazine rings is 1. The van der Waals surface area contributed by atoms with E-state index in [9.17, 15) is 4.79 Å². The molecule has 2 saturated heterocycles. The van der Waals surface area contributed by atoms with Crippen molar-refractivity contribution in [1.82, 2.24) is 19.8 Å². The van der Waals surface area contributed by atoms with Gasteiger partial charge >= 0.3 is 0 Å². The van der Waals surface area contributed by atoms with Gasteiger partial charge in [-0.05, 0) is 32.7 Å². The number of likely N-dealkylation sites (N-methyl/N-ethyl adjacent to an activating group) is 1. The average Bonchev–Trinajstić information content (AvgIpc) is 2.55. The Morgan fingerprint density at radius 2 is 1.74 bits per heavy atom. The van der Waals surface area contributed by atoms with Crippen molar-refractivity contribution in [1.29, 1.82) is 0 Å². The molecule has 0 aliphatic carbocycles. The second-order valence-electron chi connectivity index (χ2n) is 6.92. The first-order valence-electron chi connectivity index (χ1n) is 8.61. The van der Waals surface area contributed by atoms with E-state index in [0.717, 1.165) is 57.9 Å². The number of aromatic nitrogens is 2. The maximum Gasteiger partial charge on any atom is 0.272 e. The molecule has 3 heterocycles. The van der Waals surface area contributed by atoms with E-state index in [1.165, 1.54) is 0 Å². The van der Waals surface area contributed by atoms with Crippen molar-refractivity contribution in [3.63, 3.8) is 0 Å². The fourth-order valence-electron chi connectivity index (χ4n) is 3.23. The predicted octanol–water partition coefficient (Wildman–Crippen LogP) is 1.41. The summed E-state index contributed by atoms with van der Waals surface area (Å²) < 4.78 is 0. The summed E-state index contributed by atoms with van der Waals surface area (Å²) in [4.78, 5) is 28.2. The van der Waals surface area contributed by atoms with Crippen LogP contribution >= 0.6 is 0 Å². The van der Waals surface area contributed by atoms with Gasteiger partial charge in [-0.2, -0.15) is 0 Å². The molecule has 0 unspecified atom stereocenters. The number of carbonyl (C=O) groups is 1. The Labute approximate surface area is 138 Å². The molecule has 0 saturated carbocycles. The first-order chi connectivity index (χ1) is 11.0. The quantitative estimate of drug-likeness (QED) is 0.825. The number of nitrogens with zero attached hydrogens (tertiary/aromatic N) is 5. The summed E-state index contributed by atoms with van der Waals surface area (Å²) in [6.07, 6.45) is 2.17. The highest BCUT2D eigenvalue weighted by Crippen LogP contribution is 2.20. The number of carbonyl (C=O) groups excluding carboxylic acids is 1. The minimum absolute atomic E-state index is 0.0535. The van der Waals surface area contributed by atoms with Crippen LogP contribution in [0.3, 0.4) is 0 Å². The molecule has 1 aromatic rings. The number of likely N-dealkylation sites (tertiary alicyclic amines) is 1. The lowest BCUT2D eigenvalue weighted by atomic mass is 9.99. The zero-order valence-electron chi connectivity index (χ0n) is 14.5. The van der Waals surface area contributed by atoms with E-state index >= 15 is 0 Å². The van der Waals surface area contributed by atoms with Crippen molar-refractivity contribution in [3.8, 4) is 0 Å². The van der Waals surface area contributed by atoms with Crippen LogP contribution in [-0.4, -0.2) is 72.0 Å². The summed E-state index contributed by atoms with van der Waals surface area (Å²) in [5, 5.41) is 0. The van der Waals surface area contributed by atoms with Crippen molar-refractivity contribution < 1.29 is 4.79 Å². The van der Waals surface area contributed by atoms with Gasteiger partial charge in [-0.15, -0.1) is 0 Å². The van der Waals surface area contributed by atoms with Crippen molar-refractivity contribution in [2.24, 2.45) is 5.92 Å². The fraction of sp³-hybridized carbons (Fsp3) is 0.706. The van der Waals surface area contributed by atoms with Crippen LogP contribution in [0.4, 0.5) is 5.82 Å². The van der Waals surface area contributed by atoms with Crippen LogP contribution in [0.2, 0.25) is 0 Å². The molecular weight excluding hydrogens is 290 g/mol. The van der Waals surface area contributed by atoms with E-state index in [4.69, 9.17) is 0 Å². The lowest BCUT2D eigenvalue weighted by Gasteiger charge is -2.33. The van der Waals surface area contributed by atoms with E-state index in [0.29, 0.717) is 17.4 Å². The molecule has 6 heteroatoms. The summed E-state index contributed by atoms with van der Waals surface area (Å²) in [6.45, 7) is 9.74. The predicted molar refractivity (Wildman–Crippen MR) is 90.8 cm³/mol. The highest BCUT2D eigenvalue weighted by atomic mass is 16.2. The Kier molecular flexibility index (Phi) is 4.80. The molecule has 0 aromatic carbocycles. The van der Waals surface area contributed by atoms with Crippen LogP contribution in [0.15, 0.2) is 6.07 Å². The molecule has 0 atom stereocenters. The summed E-state index contributed by atoms with van der Waals surface area (Å²) in [5.74, 6) is 2.33. The topological polar surface area (TPSA) is 52.6 Å². The van der Waals surface area contributed by atoms with Gasteiger partial charge in [0.2, 0.25) is 0 Å². The minimum atomic E-state index is 0.0535. The second-order valence-corrected chi connectivity index (χ2v) is 6.92. The van der Waals surface area contributed by atoms with E-state index in [-0.39, 0.29) is 5.91 Å². The van der Waals surface area contributed by atoms with Gasteiger partial charge in [0.1, 0.15) is 17.3 Å². The van der Waals surface area contributed by atoms with Crippen LogP contribution in [0.1, 0.15) is 36.1 Å². The Balaban J connectivity index is 1.76. The molecule has 23 heavy (non-hydrogen) atoms. The Hall–Kier alpha value is -1.69. The molecule has 0 bridgehead atoms. The number of hydrogen-bond donors (Lipinski definition) is 0. The van der Waals surface area contributed by atoms with Crippen molar-refractivity contribution in [2.45, 2.75) is 26.7 Å². The van der Waals surface area contributed by atoms with Gasteiger partial charge in [-0.25, -0.2) is 9.97 Å². The number of amides is 1. The molecule has 1 amide bonds. The molecule has 6 nitrogen and oxygen atoms in total.